The Balaban J connectivity index is 2.19. The predicted octanol–water partition coefficient (Wildman–Crippen LogP) is -0.393. The summed E-state index contributed by atoms with van der Waals surface area (Å²) in [6.45, 7) is 3.25. The van der Waals surface area contributed by atoms with Gasteiger partial charge in [0.2, 0.25) is 17.7 Å². The lowest BCUT2D eigenvalue weighted by Crippen LogP contribution is -2.60. The summed E-state index contributed by atoms with van der Waals surface area (Å²) in [5.41, 5.74) is 0. The van der Waals surface area contributed by atoms with Gasteiger partial charge in [-0.2, -0.15) is 0 Å². The molecule has 0 aromatic carbocycles. The molecule has 0 aromatic heterocycles. The lowest BCUT2D eigenvalue weighted by molar-refractivity contribution is -0.155. The highest BCUT2D eigenvalue weighted by atomic mass is 16.4. The number of rotatable bonds is 2. The van der Waals surface area contributed by atoms with E-state index >= 15 is 0 Å². The van der Waals surface area contributed by atoms with Gasteiger partial charge in [0.05, 0.1) is 11.8 Å². The maximum absolute atomic E-state index is 12.5. The Hall–Kier alpha value is -1.92. The zero-order chi connectivity index (χ0) is 15.0. The first-order valence-electron chi connectivity index (χ1n) is 6.68. The molecule has 0 radical (unpaired) electrons. The van der Waals surface area contributed by atoms with Gasteiger partial charge in [0.1, 0.15) is 12.6 Å². The number of aliphatic carboxylic acids is 1. The Kier molecular flexibility index (Phi) is 3.78. The van der Waals surface area contributed by atoms with Gasteiger partial charge in [0, 0.05) is 0 Å². The van der Waals surface area contributed by atoms with Crippen molar-refractivity contribution in [3.05, 3.63) is 0 Å². The van der Waals surface area contributed by atoms with Crippen LogP contribution < -0.4 is 5.32 Å². The molecule has 4 atom stereocenters. The first-order chi connectivity index (χ1) is 9.31. The fraction of sp³-hybridized carbons (Fsp3) is 0.692. The average molecular weight is 282 g/mol. The molecule has 2 fully saturated rings. The minimum Gasteiger partial charge on any atom is -0.481 e. The summed E-state index contributed by atoms with van der Waals surface area (Å²) in [6.07, 6.45) is 0.933. The number of hydrogen-bond acceptors (Lipinski definition) is 4. The van der Waals surface area contributed by atoms with Crippen LogP contribution in [0, 0.1) is 17.8 Å². The number of carbonyl (C=O) groups is 4. The van der Waals surface area contributed by atoms with E-state index in [4.69, 9.17) is 0 Å². The van der Waals surface area contributed by atoms with Crippen molar-refractivity contribution in [3.8, 4) is 0 Å². The maximum atomic E-state index is 12.5. The van der Waals surface area contributed by atoms with Gasteiger partial charge in [-0.3, -0.25) is 24.5 Å². The molecule has 0 bridgehead atoms. The molecular weight excluding hydrogens is 264 g/mol. The summed E-state index contributed by atoms with van der Waals surface area (Å²) in [7, 11) is 0. The standard InChI is InChI=1S/C13H18N2O5/c1-6-3-8(9(4-6)13(19)20)12(18)15-5-10(16)14-11(17)7(15)2/h6-9H,3-5H2,1-2H3,(H,19,20)(H,14,16,17)/t6?,7?,8-,9+/m0/s1. The second-order valence-electron chi connectivity index (χ2n) is 5.68. The summed E-state index contributed by atoms with van der Waals surface area (Å²) in [5, 5.41) is 11.4. The van der Waals surface area contributed by atoms with Crippen molar-refractivity contribution in [1.29, 1.82) is 0 Å². The molecule has 1 aliphatic heterocycles. The number of carbonyl (C=O) groups excluding carboxylic acids is 3. The van der Waals surface area contributed by atoms with Gasteiger partial charge in [-0.15, -0.1) is 0 Å². The number of piperazine rings is 1. The zero-order valence-corrected chi connectivity index (χ0v) is 11.5. The quantitative estimate of drug-likeness (QED) is 0.671. The summed E-state index contributed by atoms with van der Waals surface area (Å²) >= 11 is 0. The number of hydrogen-bond donors (Lipinski definition) is 2. The molecule has 3 amide bonds. The summed E-state index contributed by atoms with van der Waals surface area (Å²) in [6, 6.07) is -0.745. The minimum absolute atomic E-state index is 0.148. The second kappa shape index (κ2) is 5.22. The molecule has 110 valence electrons. The fourth-order valence-corrected chi connectivity index (χ4v) is 3.03. The van der Waals surface area contributed by atoms with Crippen LogP contribution in [0.5, 0.6) is 0 Å². The Morgan fingerprint density at radius 2 is 1.80 bits per heavy atom. The molecule has 1 aliphatic carbocycles. The third-order valence-electron chi connectivity index (χ3n) is 4.14. The van der Waals surface area contributed by atoms with Crippen LogP contribution in [0.1, 0.15) is 26.7 Å². The van der Waals surface area contributed by atoms with Gasteiger partial charge < -0.3 is 10.0 Å². The molecule has 1 saturated carbocycles. The monoisotopic (exact) mass is 282 g/mol. The molecule has 20 heavy (non-hydrogen) atoms. The summed E-state index contributed by atoms with van der Waals surface area (Å²) in [5.74, 6) is -3.68. The molecular formula is C13H18N2O5. The summed E-state index contributed by atoms with van der Waals surface area (Å²) < 4.78 is 0. The summed E-state index contributed by atoms with van der Waals surface area (Å²) in [4.78, 5) is 47.9. The predicted molar refractivity (Wildman–Crippen MR) is 67.3 cm³/mol. The van der Waals surface area contributed by atoms with E-state index in [1.807, 2.05) is 6.92 Å². The van der Waals surface area contributed by atoms with E-state index in [0.29, 0.717) is 12.8 Å². The Bertz CT molecular complexity index is 475. The van der Waals surface area contributed by atoms with E-state index in [0.717, 1.165) is 0 Å². The molecule has 7 nitrogen and oxygen atoms in total. The molecule has 0 spiro atoms. The minimum atomic E-state index is -0.992. The third kappa shape index (κ3) is 2.52. The largest absolute Gasteiger partial charge is 0.481 e. The van der Waals surface area contributed by atoms with Crippen LogP contribution in [0.3, 0.4) is 0 Å². The molecule has 2 unspecified atom stereocenters. The van der Waals surface area contributed by atoms with Gasteiger partial charge in [-0.1, -0.05) is 6.92 Å². The van der Waals surface area contributed by atoms with E-state index < -0.39 is 41.6 Å². The highest BCUT2D eigenvalue weighted by molar-refractivity contribution is 6.04. The normalized spacial score (nSPS) is 34.0. The van der Waals surface area contributed by atoms with Crippen LogP contribution in [-0.2, 0) is 19.2 Å². The molecule has 1 heterocycles. The number of carboxylic acids is 1. The lowest BCUT2D eigenvalue weighted by atomic mass is 9.94. The first-order valence-corrected chi connectivity index (χ1v) is 6.68. The van der Waals surface area contributed by atoms with Crippen molar-refractivity contribution in [1.82, 2.24) is 10.2 Å². The van der Waals surface area contributed by atoms with Crippen molar-refractivity contribution in [3.63, 3.8) is 0 Å². The van der Waals surface area contributed by atoms with E-state index in [2.05, 4.69) is 5.32 Å². The van der Waals surface area contributed by atoms with Crippen molar-refractivity contribution in [2.75, 3.05) is 6.54 Å². The molecule has 0 aromatic rings. The fourth-order valence-electron chi connectivity index (χ4n) is 3.03. The molecule has 2 rings (SSSR count). The number of nitrogens with one attached hydrogen (secondary N) is 1. The number of carboxylic acid groups (broad SMARTS) is 1. The lowest BCUT2D eigenvalue weighted by Gasteiger charge is -2.34. The van der Waals surface area contributed by atoms with Gasteiger partial charge in [-0.25, -0.2) is 0 Å². The van der Waals surface area contributed by atoms with Gasteiger partial charge >= 0.3 is 5.97 Å². The topological polar surface area (TPSA) is 104 Å². The average Bonchev–Trinajstić information content (AvgIpc) is 2.75. The van der Waals surface area contributed by atoms with Crippen LogP contribution in [0.15, 0.2) is 0 Å². The zero-order valence-electron chi connectivity index (χ0n) is 11.5. The SMILES string of the molecule is CC1C[C@H](C(=O)N2CC(=O)NC(=O)C2C)[C@H](C(=O)O)C1. The Morgan fingerprint density at radius 1 is 1.20 bits per heavy atom. The smallest absolute Gasteiger partial charge is 0.307 e. The maximum Gasteiger partial charge on any atom is 0.307 e. The van der Waals surface area contributed by atoms with E-state index in [1.54, 1.807) is 0 Å². The molecule has 1 saturated heterocycles. The number of nitrogens with zero attached hydrogens (tertiary/aromatic N) is 1. The van der Waals surface area contributed by atoms with E-state index in [1.165, 1.54) is 11.8 Å². The van der Waals surface area contributed by atoms with Crippen LogP contribution in [-0.4, -0.2) is 46.3 Å². The molecule has 2 N–H and O–H groups in total. The first kappa shape index (κ1) is 14.5. The van der Waals surface area contributed by atoms with Crippen molar-refractivity contribution >= 4 is 23.7 Å². The van der Waals surface area contributed by atoms with Crippen LogP contribution in [0.25, 0.3) is 0 Å². The Morgan fingerprint density at radius 3 is 2.40 bits per heavy atom. The van der Waals surface area contributed by atoms with Gasteiger partial charge in [0.15, 0.2) is 0 Å². The van der Waals surface area contributed by atoms with Crippen molar-refractivity contribution < 1.29 is 24.3 Å². The number of amides is 3. The van der Waals surface area contributed by atoms with Crippen LogP contribution >= 0.6 is 0 Å². The second-order valence-corrected chi connectivity index (χ2v) is 5.68. The van der Waals surface area contributed by atoms with Crippen molar-refractivity contribution in [2.24, 2.45) is 17.8 Å². The third-order valence-corrected chi connectivity index (χ3v) is 4.14. The highest BCUT2D eigenvalue weighted by Gasteiger charge is 2.45. The van der Waals surface area contributed by atoms with Gasteiger partial charge in [-0.05, 0) is 25.7 Å². The van der Waals surface area contributed by atoms with Crippen molar-refractivity contribution in [2.45, 2.75) is 32.7 Å². The number of imide groups is 1. The van der Waals surface area contributed by atoms with E-state index in [9.17, 15) is 24.3 Å². The van der Waals surface area contributed by atoms with Crippen LogP contribution in [0.4, 0.5) is 0 Å². The van der Waals surface area contributed by atoms with Gasteiger partial charge in [0.25, 0.3) is 0 Å². The van der Waals surface area contributed by atoms with Crippen LogP contribution in [0.2, 0.25) is 0 Å². The molecule has 7 heteroatoms. The highest BCUT2D eigenvalue weighted by Crippen LogP contribution is 2.38. The van der Waals surface area contributed by atoms with E-state index in [-0.39, 0.29) is 12.5 Å². The molecule has 2 aliphatic rings. The Labute approximate surface area is 116 Å².